The second-order valence-electron chi connectivity index (χ2n) is 5.15. The number of thioether (sulfide) groups is 1. The molecule has 0 aromatic heterocycles. The fourth-order valence-corrected chi connectivity index (χ4v) is 3.49. The summed E-state index contributed by atoms with van der Waals surface area (Å²) < 4.78 is 26.9. The number of hydrogen-bond donors (Lipinski definition) is 2. The van der Waals surface area contributed by atoms with Crippen molar-refractivity contribution in [3.63, 3.8) is 0 Å². The second-order valence-corrected chi connectivity index (χ2v) is 6.83. The molecule has 2 N–H and O–H groups in total. The fourth-order valence-electron chi connectivity index (χ4n) is 2.22. The Bertz CT molecular complexity index is 470. The van der Waals surface area contributed by atoms with E-state index in [1.54, 1.807) is 0 Å². The number of halogens is 2. The van der Waals surface area contributed by atoms with Gasteiger partial charge in [0, 0.05) is 11.3 Å². The molecule has 0 radical (unpaired) electrons. The predicted molar refractivity (Wildman–Crippen MR) is 78.0 cm³/mol. The van der Waals surface area contributed by atoms with E-state index in [4.69, 9.17) is 0 Å². The summed E-state index contributed by atoms with van der Waals surface area (Å²) in [4.78, 5) is 11.7. The average molecular weight is 300 g/mol. The molecule has 2 rings (SSSR count). The van der Waals surface area contributed by atoms with Gasteiger partial charge < -0.3 is 10.6 Å². The molecule has 1 unspecified atom stereocenters. The molecule has 1 saturated heterocycles. The molecule has 1 aliphatic rings. The molecule has 1 amide bonds. The molecule has 110 valence electrons. The SMILES string of the molecule is CC1(CNCC(=O)Nc2c(F)cccc2F)CCCS1. The van der Waals surface area contributed by atoms with E-state index in [9.17, 15) is 13.6 Å². The van der Waals surface area contributed by atoms with Crippen LogP contribution >= 0.6 is 11.8 Å². The number of hydrogen-bond acceptors (Lipinski definition) is 3. The minimum Gasteiger partial charge on any atom is -0.320 e. The van der Waals surface area contributed by atoms with Crippen LogP contribution in [-0.4, -0.2) is 29.5 Å². The van der Waals surface area contributed by atoms with E-state index in [0.29, 0.717) is 6.54 Å². The molecule has 6 heteroatoms. The zero-order valence-electron chi connectivity index (χ0n) is 11.3. The van der Waals surface area contributed by atoms with E-state index < -0.39 is 17.5 Å². The van der Waals surface area contributed by atoms with Crippen LogP contribution < -0.4 is 10.6 Å². The van der Waals surface area contributed by atoms with Gasteiger partial charge in [-0.25, -0.2) is 8.78 Å². The van der Waals surface area contributed by atoms with Crippen molar-refractivity contribution in [3.8, 4) is 0 Å². The highest BCUT2D eigenvalue weighted by Gasteiger charge is 2.28. The molecular weight excluding hydrogens is 282 g/mol. The van der Waals surface area contributed by atoms with Crippen molar-refractivity contribution in [1.82, 2.24) is 5.32 Å². The summed E-state index contributed by atoms with van der Waals surface area (Å²) in [6, 6.07) is 3.49. The molecule has 1 aromatic carbocycles. The number of para-hydroxylation sites is 1. The normalized spacial score (nSPS) is 21.9. The van der Waals surface area contributed by atoms with E-state index >= 15 is 0 Å². The van der Waals surface area contributed by atoms with Gasteiger partial charge in [0.15, 0.2) is 0 Å². The van der Waals surface area contributed by atoms with Crippen LogP contribution in [0, 0.1) is 11.6 Å². The Kier molecular flexibility index (Phi) is 4.99. The molecule has 0 bridgehead atoms. The summed E-state index contributed by atoms with van der Waals surface area (Å²) in [7, 11) is 0. The molecular formula is C14H18F2N2OS. The highest BCUT2D eigenvalue weighted by Crippen LogP contribution is 2.36. The lowest BCUT2D eigenvalue weighted by Crippen LogP contribution is -2.37. The smallest absolute Gasteiger partial charge is 0.238 e. The van der Waals surface area contributed by atoms with Gasteiger partial charge in [-0.1, -0.05) is 6.07 Å². The van der Waals surface area contributed by atoms with Crippen LogP contribution in [0.5, 0.6) is 0 Å². The first-order chi connectivity index (χ1) is 9.50. The van der Waals surface area contributed by atoms with Crippen LogP contribution in [0.1, 0.15) is 19.8 Å². The minimum absolute atomic E-state index is 0.0456. The first-order valence-corrected chi connectivity index (χ1v) is 7.57. The van der Waals surface area contributed by atoms with Gasteiger partial charge in [0.2, 0.25) is 5.91 Å². The summed E-state index contributed by atoms with van der Waals surface area (Å²) in [6.07, 6.45) is 2.31. The van der Waals surface area contributed by atoms with E-state index in [1.165, 1.54) is 12.5 Å². The van der Waals surface area contributed by atoms with Crippen LogP contribution in [0.25, 0.3) is 0 Å². The van der Waals surface area contributed by atoms with E-state index in [1.807, 2.05) is 11.8 Å². The van der Waals surface area contributed by atoms with Gasteiger partial charge in [0.1, 0.15) is 17.3 Å². The van der Waals surface area contributed by atoms with Crippen molar-refractivity contribution in [1.29, 1.82) is 0 Å². The van der Waals surface area contributed by atoms with E-state index in [-0.39, 0.29) is 17.0 Å². The van der Waals surface area contributed by atoms with Crippen molar-refractivity contribution < 1.29 is 13.6 Å². The van der Waals surface area contributed by atoms with Crippen molar-refractivity contribution in [2.75, 3.05) is 24.2 Å². The number of carbonyl (C=O) groups is 1. The standard InChI is InChI=1S/C14H18F2N2OS/c1-14(6-3-7-20-14)9-17-8-12(19)18-13-10(15)4-2-5-11(13)16/h2,4-5,17H,3,6-9H2,1H3,(H,18,19). The van der Waals surface area contributed by atoms with Crippen LogP contribution in [-0.2, 0) is 4.79 Å². The summed E-state index contributed by atoms with van der Waals surface area (Å²) in [6.45, 7) is 2.92. The van der Waals surface area contributed by atoms with Gasteiger partial charge in [-0.05, 0) is 37.7 Å². The number of rotatable bonds is 5. The van der Waals surface area contributed by atoms with Crippen LogP contribution in [0.2, 0.25) is 0 Å². The maximum Gasteiger partial charge on any atom is 0.238 e. The minimum atomic E-state index is -0.767. The summed E-state index contributed by atoms with van der Waals surface area (Å²) in [5, 5.41) is 5.31. The van der Waals surface area contributed by atoms with Crippen molar-refractivity contribution in [3.05, 3.63) is 29.8 Å². The quantitative estimate of drug-likeness (QED) is 0.878. The summed E-state index contributed by atoms with van der Waals surface area (Å²) >= 11 is 1.89. The van der Waals surface area contributed by atoms with E-state index in [0.717, 1.165) is 24.3 Å². The molecule has 0 saturated carbocycles. The van der Waals surface area contributed by atoms with Crippen LogP contribution in [0.4, 0.5) is 14.5 Å². The number of anilines is 1. The number of amides is 1. The van der Waals surface area contributed by atoms with Gasteiger partial charge in [0.25, 0.3) is 0 Å². The Morgan fingerprint density at radius 2 is 2.10 bits per heavy atom. The number of carbonyl (C=O) groups excluding carboxylic acids is 1. The zero-order chi connectivity index (χ0) is 14.6. The topological polar surface area (TPSA) is 41.1 Å². The largest absolute Gasteiger partial charge is 0.320 e. The van der Waals surface area contributed by atoms with Crippen molar-refractivity contribution in [2.24, 2.45) is 0 Å². The van der Waals surface area contributed by atoms with Gasteiger partial charge >= 0.3 is 0 Å². The molecule has 1 aromatic rings. The first-order valence-electron chi connectivity index (χ1n) is 6.59. The fraction of sp³-hybridized carbons (Fsp3) is 0.500. The lowest BCUT2D eigenvalue weighted by Gasteiger charge is -2.22. The molecule has 1 atom stereocenters. The predicted octanol–water partition coefficient (Wildman–Crippen LogP) is 2.78. The lowest BCUT2D eigenvalue weighted by atomic mass is 10.1. The Morgan fingerprint density at radius 3 is 2.70 bits per heavy atom. The van der Waals surface area contributed by atoms with Gasteiger partial charge in [-0.3, -0.25) is 4.79 Å². The van der Waals surface area contributed by atoms with Gasteiger partial charge in [-0.2, -0.15) is 11.8 Å². The Morgan fingerprint density at radius 1 is 1.40 bits per heavy atom. The Hall–Kier alpha value is -1.14. The summed E-state index contributed by atoms with van der Waals surface area (Å²) in [5.41, 5.74) is -0.388. The van der Waals surface area contributed by atoms with Gasteiger partial charge in [0.05, 0.1) is 6.54 Å². The average Bonchev–Trinajstić information content (AvgIpc) is 2.81. The third-order valence-corrected chi connectivity index (χ3v) is 4.85. The number of nitrogens with one attached hydrogen (secondary N) is 2. The summed E-state index contributed by atoms with van der Waals surface area (Å²) in [5.74, 6) is -0.834. The molecule has 1 aliphatic heterocycles. The molecule has 3 nitrogen and oxygen atoms in total. The maximum atomic E-state index is 13.4. The maximum absolute atomic E-state index is 13.4. The zero-order valence-corrected chi connectivity index (χ0v) is 12.2. The Balaban J connectivity index is 1.81. The monoisotopic (exact) mass is 300 g/mol. The van der Waals surface area contributed by atoms with E-state index in [2.05, 4.69) is 17.6 Å². The lowest BCUT2D eigenvalue weighted by molar-refractivity contribution is -0.115. The third-order valence-electron chi connectivity index (χ3n) is 3.31. The number of benzene rings is 1. The molecule has 1 fully saturated rings. The molecule has 0 aliphatic carbocycles. The van der Waals surface area contributed by atoms with Crippen molar-refractivity contribution in [2.45, 2.75) is 24.5 Å². The first kappa shape index (κ1) is 15.3. The highest BCUT2D eigenvalue weighted by molar-refractivity contribution is 8.00. The third kappa shape index (κ3) is 3.93. The Labute approximate surface area is 121 Å². The highest BCUT2D eigenvalue weighted by atomic mass is 32.2. The van der Waals surface area contributed by atoms with Crippen molar-refractivity contribution >= 4 is 23.4 Å². The van der Waals surface area contributed by atoms with Crippen LogP contribution in [0.3, 0.4) is 0 Å². The molecule has 1 heterocycles. The molecule has 20 heavy (non-hydrogen) atoms. The molecule has 0 spiro atoms. The van der Waals surface area contributed by atoms with Gasteiger partial charge in [-0.15, -0.1) is 0 Å². The van der Waals surface area contributed by atoms with Crippen LogP contribution in [0.15, 0.2) is 18.2 Å². The second kappa shape index (κ2) is 6.54.